The summed E-state index contributed by atoms with van der Waals surface area (Å²) in [6, 6.07) is 15.8. The van der Waals surface area contributed by atoms with Crippen molar-refractivity contribution in [2.45, 2.75) is 39.0 Å². The fourth-order valence-electron chi connectivity index (χ4n) is 4.20. The van der Waals surface area contributed by atoms with Crippen LogP contribution >= 0.6 is 0 Å². The van der Waals surface area contributed by atoms with Crippen LogP contribution in [-0.4, -0.2) is 23.7 Å². The highest BCUT2D eigenvalue weighted by Gasteiger charge is 2.59. The predicted octanol–water partition coefficient (Wildman–Crippen LogP) is 4.33. The van der Waals surface area contributed by atoms with Gasteiger partial charge in [0.15, 0.2) is 5.72 Å². The number of rotatable bonds is 3. The Morgan fingerprint density at radius 2 is 1.37 bits per heavy atom. The Balaban J connectivity index is 2.18. The number of nitrogens with one attached hydrogen (secondary N) is 1. The van der Waals surface area contributed by atoms with Crippen molar-refractivity contribution in [2.24, 2.45) is 5.41 Å². The Kier molecular flexibility index (Phi) is 3.68. The quantitative estimate of drug-likeness (QED) is 0.681. The van der Waals surface area contributed by atoms with Gasteiger partial charge in [-0.15, -0.1) is 0 Å². The topological polar surface area (TPSA) is 58.6 Å². The van der Waals surface area contributed by atoms with Crippen LogP contribution in [0.1, 0.15) is 43.6 Å². The van der Waals surface area contributed by atoms with Gasteiger partial charge in [-0.05, 0) is 35.4 Å². The molecule has 0 bridgehead atoms. The van der Waals surface area contributed by atoms with E-state index in [0.717, 1.165) is 21.5 Å². The van der Waals surface area contributed by atoms with Crippen LogP contribution in [0.15, 0.2) is 48.5 Å². The average molecular weight is 363 g/mol. The second-order valence-electron chi connectivity index (χ2n) is 8.35. The van der Waals surface area contributed by atoms with Crippen LogP contribution in [-0.2, 0) is 10.5 Å². The van der Waals surface area contributed by atoms with Gasteiger partial charge in [-0.2, -0.15) is 0 Å². The molecule has 1 unspecified atom stereocenters. The van der Waals surface area contributed by atoms with E-state index in [4.69, 9.17) is 4.74 Å². The molecule has 4 heteroatoms. The Hall–Kier alpha value is -2.43. The average Bonchev–Trinajstić information content (AvgIpc) is 2.94. The highest BCUT2D eigenvalue weighted by atomic mass is 16.5. The third-order valence-electron chi connectivity index (χ3n) is 6.74. The maximum Gasteiger partial charge on any atom is 0.254 e. The number of ether oxygens (including phenoxy) is 1. The summed E-state index contributed by atoms with van der Waals surface area (Å²) in [6.07, 6.45) is 0. The Morgan fingerprint density at radius 3 is 1.93 bits per heavy atom. The number of carbonyl (C=O) groups excluding carboxylic acids is 1. The van der Waals surface area contributed by atoms with Crippen molar-refractivity contribution < 1.29 is 14.6 Å². The molecular formula is C23H25NO3. The minimum Gasteiger partial charge on any atom is -0.378 e. The molecule has 1 atom stereocenters. The molecular weight excluding hydrogens is 338 g/mol. The highest BCUT2D eigenvalue weighted by molar-refractivity contribution is 6.21. The molecule has 0 spiro atoms. The lowest BCUT2D eigenvalue weighted by Crippen LogP contribution is -2.60. The molecule has 0 fully saturated rings. The molecule has 4 nitrogen and oxygen atoms in total. The number of hydrogen-bond acceptors (Lipinski definition) is 3. The van der Waals surface area contributed by atoms with Gasteiger partial charge in [0.25, 0.3) is 5.91 Å². The molecule has 1 heterocycles. The summed E-state index contributed by atoms with van der Waals surface area (Å²) in [5.74, 6) is -0.255. The molecule has 0 saturated carbocycles. The van der Waals surface area contributed by atoms with E-state index in [2.05, 4.69) is 5.32 Å². The highest BCUT2D eigenvalue weighted by Crippen LogP contribution is 2.53. The monoisotopic (exact) mass is 363 g/mol. The van der Waals surface area contributed by atoms with E-state index < -0.39 is 16.7 Å². The first-order valence-corrected chi connectivity index (χ1v) is 9.19. The molecule has 1 aliphatic rings. The summed E-state index contributed by atoms with van der Waals surface area (Å²) < 4.78 is 5.72. The molecule has 0 radical (unpaired) electrons. The molecule has 3 aromatic rings. The molecule has 3 aromatic carbocycles. The van der Waals surface area contributed by atoms with Crippen LogP contribution in [0.2, 0.25) is 0 Å². The fraction of sp³-hybridized carbons (Fsp3) is 0.348. The second-order valence-corrected chi connectivity index (χ2v) is 8.35. The third kappa shape index (κ3) is 2.14. The van der Waals surface area contributed by atoms with Crippen LogP contribution in [0.5, 0.6) is 0 Å². The maximum absolute atomic E-state index is 13.1. The van der Waals surface area contributed by atoms with Crippen molar-refractivity contribution in [3.05, 3.63) is 59.7 Å². The van der Waals surface area contributed by atoms with E-state index in [0.29, 0.717) is 11.1 Å². The lowest BCUT2D eigenvalue weighted by atomic mass is 9.66. The minimum atomic E-state index is -1.57. The molecule has 140 valence electrons. The summed E-state index contributed by atoms with van der Waals surface area (Å²) in [5, 5.41) is 18.6. The number of benzene rings is 3. The Morgan fingerprint density at radius 1 is 0.889 bits per heavy atom. The van der Waals surface area contributed by atoms with Crippen LogP contribution < -0.4 is 5.32 Å². The first kappa shape index (κ1) is 18.0. The lowest BCUT2D eigenvalue weighted by Gasteiger charge is -2.49. The Bertz CT molecular complexity index is 1080. The number of methoxy groups -OCH3 is 1. The number of aliphatic hydroxyl groups is 1. The van der Waals surface area contributed by atoms with Crippen molar-refractivity contribution in [3.8, 4) is 0 Å². The second kappa shape index (κ2) is 5.54. The van der Waals surface area contributed by atoms with Crippen LogP contribution in [0.4, 0.5) is 0 Å². The van der Waals surface area contributed by atoms with Crippen LogP contribution in [0, 0.1) is 5.41 Å². The zero-order valence-electron chi connectivity index (χ0n) is 16.4. The molecule has 0 saturated heterocycles. The standard InChI is InChI=1S/C23H25NO3/c1-21(2,22(3,4)27-5)23(26)19-17-13-9-7-11-15(17)14-10-6-8-12-16(14)18(19)20(25)24-23/h6-13,26H,1-5H3,(H,24,25). The normalized spacial score (nSPS) is 20.1. The van der Waals surface area contributed by atoms with E-state index in [1.165, 1.54) is 0 Å². The number of fused-ring (bicyclic) bond motifs is 6. The van der Waals surface area contributed by atoms with Gasteiger partial charge in [-0.3, -0.25) is 4.79 Å². The molecule has 0 aromatic heterocycles. The zero-order valence-corrected chi connectivity index (χ0v) is 16.4. The van der Waals surface area contributed by atoms with E-state index in [9.17, 15) is 9.90 Å². The van der Waals surface area contributed by atoms with E-state index in [1.807, 2.05) is 76.2 Å². The molecule has 4 rings (SSSR count). The fourth-order valence-corrected chi connectivity index (χ4v) is 4.20. The van der Waals surface area contributed by atoms with Gasteiger partial charge in [-0.25, -0.2) is 0 Å². The maximum atomic E-state index is 13.1. The van der Waals surface area contributed by atoms with Crippen molar-refractivity contribution in [2.75, 3.05) is 7.11 Å². The summed E-state index contributed by atoms with van der Waals surface area (Å²) >= 11 is 0. The number of carbonyl (C=O) groups is 1. The van der Waals surface area contributed by atoms with E-state index in [1.54, 1.807) is 7.11 Å². The van der Waals surface area contributed by atoms with Gasteiger partial charge in [0.2, 0.25) is 0 Å². The van der Waals surface area contributed by atoms with Crippen molar-refractivity contribution in [1.82, 2.24) is 5.32 Å². The first-order chi connectivity index (χ1) is 12.7. The van der Waals surface area contributed by atoms with Crippen LogP contribution in [0.25, 0.3) is 21.5 Å². The first-order valence-electron chi connectivity index (χ1n) is 9.19. The molecule has 2 N–H and O–H groups in total. The number of amides is 1. The van der Waals surface area contributed by atoms with Gasteiger partial charge in [0, 0.05) is 18.1 Å². The molecule has 1 aliphatic heterocycles. The smallest absolute Gasteiger partial charge is 0.254 e. The van der Waals surface area contributed by atoms with Gasteiger partial charge in [0.1, 0.15) is 0 Å². The lowest BCUT2D eigenvalue weighted by molar-refractivity contribution is -0.189. The summed E-state index contributed by atoms with van der Waals surface area (Å²) in [6.45, 7) is 7.71. The van der Waals surface area contributed by atoms with Gasteiger partial charge in [0.05, 0.1) is 11.2 Å². The Labute approximate surface area is 159 Å². The van der Waals surface area contributed by atoms with Crippen LogP contribution in [0.3, 0.4) is 0 Å². The van der Waals surface area contributed by atoms with E-state index >= 15 is 0 Å². The zero-order chi connectivity index (χ0) is 19.6. The molecule has 27 heavy (non-hydrogen) atoms. The van der Waals surface area contributed by atoms with Crippen molar-refractivity contribution in [1.29, 1.82) is 0 Å². The van der Waals surface area contributed by atoms with Crippen molar-refractivity contribution >= 4 is 27.5 Å². The largest absolute Gasteiger partial charge is 0.378 e. The minimum absolute atomic E-state index is 0.255. The summed E-state index contributed by atoms with van der Waals surface area (Å²) in [7, 11) is 1.63. The van der Waals surface area contributed by atoms with Gasteiger partial charge >= 0.3 is 0 Å². The van der Waals surface area contributed by atoms with Crippen molar-refractivity contribution in [3.63, 3.8) is 0 Å². The third-order valence-corrected chi connectivity index (χ3v) is 6.74. The molecule has 1 amide bonds. The summed E-state index contributed by atoms with van der Waals surface area (Å²) in [4.78, 5) is 13.1. The van der Waals surface area contributed by atoms with Gasteiger partial charge in [-0.1, -0.05) is 62.4 Å². The summed E-state index contributed by atoms with van der Waals surface area (Å²) in [5.41, 5.74) is -1.88. The predicted molar refractivity (Wildman–Crippen MR) is 108 cm³/mol. The SMILES string of the molecule is COC(C)(C)C(C)(C)C1(O)NC(=O)c2c1c1ccccc1c1ccccc21. The number of hydrogen-bond donors (Lipinski definition) is 2. The molecule has 0 aliphatic carbocycles. The van der Waals surface area contributed by atoms with Gasteiger partial charge < -0.3 is 15.2 Å². The van der Waals surface area contributed by atoms with E-state index in [-0.39, 0.29) is 5.91 Å².